The zero-order valence-electron chi connectivity index (χ0n) is 16.4. The van der Waals surface area contributed by atoms with Crippen LogP contribution in [0, 0.1) is 0 Å². The molecule has 0 radical (unpaired) electrons. The fourth-order valence-electron chi connectivity index (χ4n) is 2.82. The summed E-state index contributed by atoms with van der Waals surface area (Å²) in [6.07, 6.45) is 4.79. The molecule has 0 bridgehead atoms. The highest BCUT2D eigenvalue weighted by Crippen LogP contribution is 2.24. The van der Waals surface area contributed by atoms with Crippen LogP contribution in [0.1, 0.15) is 10.4 Å². The molecule has 0 fully saturated rings. The molecule has 0 spiro atoms. The smallest absolute Gasteiger partial charge is 0.338 e. The van der Waals surface area contributed by atoms with E-state index in [2.05, 4.69) is 47.1 Å². The van der Waals surface area contributed by atoms with Gasteiger partial charge in [-0.3, -0.25) is 9.78 Å². The van der Waals surface area contributed by atoms with Gasteiger partial charge in [-0.1, -0.05) is 22.0 Å². The van der Waals surface area contributed by atoms with Gasteiger partial charge in [0, 0.05) is 32.8 Å². The average Bonchev–Trinajstić information content (AvgIpc) is 2.80. The molecule has 0 saturated carbocycles. The van der Waals surface area contributed by atoms with Gasteiger partial charge in [0.2, 0.25) is 5.88 Å². The second kappa shape index (κ2) is 9.88. The Hall–Kier alpha value is -3.30. The number of carbonyl (C=O) groups excluding carboxylic acids is 2. The number of anilines is 1. The Bertz CT molecular complexity index is 1280. The highest BCUT2D eigenvalue weighted by atomic mass is 79.9. The third-order valence-electron chi connectivity index (χ3n) is 4.34. The Morgan fingerprint density at radius 3 is 2.50 bits per heavy atom. The zero-order chi connectivity index (χ0) is 22.5. The third-order valence-corrected chi connectivity index (χ3v) is 5.50. The van der Waals surface area contributed by atoms with Crippen molar-refractivity contribution in [2.45, 2.75) is 0 Å². The van der Waals surface area contributed by atoms with E-state index >= 15 is 0 Å². The van der Waals surface area contributed by atoms with Crippen LogP contribution in [0.3, 0.4) is 0 Å². The number of hydrogen-bond donors (Lipinski definition) is 1. The van der Waals surface area contributed by atoms with Crippen molar-refractivity contribution in [1.82, 2.24) is 9.97 Å². The molecule has 7 nitrogen and oxygen atoms in total. The van der Waals surface area contributed by atoms with E-state index in [1.807, 2.05) is 12.1 Å². The summed E-state index contributed by atoms with van der Waals surface area (Å²) in [5, 5.41) is 4.34. The average molecular weight is 557 g/mol. The summed E-state index contributed by atoms with van der Waals surface area (Å²) >= 11 is 6.78. The summed E-state index contributed by atoms with van der Waals surface area (Å²) in [5.41, 5.74) is 0.789. The number of esters is 1. The number of ether oxygens (including phenoxy) is 2. The molecule has 9 heteroatoms. The molecule has 32 heavy (non-hydrogen) atoms. The van der Waals surface area contributed by atoms with Crippen LogP contribution in [0.15, 0.2) is 82.1 Å². The molecule has 2 heterocycles. The molecule has 0 saturated heterocycles. The Kier molecular flexibility index (Phi) is 6.77. The van der Waals surface area contributed by atoms with Crippen LogP contribution in [0.4, 0.5) is 5.69 Å². The van der Waals surface area contributed by atoms with E-state index in [-0.39, 0.29) is 0 Å². The Labute approximate surface area is 200 Å². The van der Waals surface area contributed by atoms with E-state index in [1.54, 1.807) is 54.9 Å². The van der Waals surface area contributed by atoms with Crippen LogP contribution in [0.2, 0.25) is 0 Å². The predicted octanol–water partition coefficient (Wildman–Crippen LogP) is 5.74. The molecule has 2 aromatic heterocycles. The maximum absolute atomic E-state index is 12.3. The monoisotopic (exact) mass is 555 g/mol. The molecular weight excluding hydrogens is 542 g/mol. The first-order valence-electron chi connectivity index (χ1n) is 9.38. The van der Waals surface area contributed by atoms with E-state index < -0.39 is 18.5 Å². The maximum Gasteiger partial charge on any atom is 0.338 e. The van der Waals surface area contributed by atoms with Crippen LogP contribution in [-0.2, 0) is 9.53 Å². The van der Waals surface area contributed by atoms with Gasteiger partial charge in [0.15, 0.2) is 6.61 Å². The summed E-state index contributed by atoms with van der Waals surface area (Å²) in [5.74, 6) is -0.0549. The number of pyridine rings is 2. The first-order valence-corrected chi connectivity index (χ1v) is 11.0. The summed E-state index contributed by atoms with van der Waals surface area (Å²) in [4.78, 5) is 32.7. The van der Waals surface area contributed by atoms with Gasteiger partial charge in [0.1, 0.15) is 5.75 Å². The molecule has 4 rings (SSSR count). The minimum absolute atomic E-state index is 0.335. The molecule has 1 amide bonds. The summed E-state index contributed by atoms with van der Waals surface area (Å²) < 4.78 is 12.5. The lowest BCUT2D eigenvalue weighted by atomic mass is 10.1. The number of benzene rings is 2. The fourth-order valence-corrected chi connectivity index (χ4v) is 3.56. The summed E-state index contributed by atoms with van der Waals surface area (Å²) in [6.45, 7) is -0.426. The van der Waals surface area contributed by atoms with Crippen LogP contribution >= 0.6 is 31.9 Å². The van der Waals surface area contributed by atoms with E-state index in [0.29, 0.717) is 22.9 Å². The normalized spacial score (nSPS) is 10.6. The highest BCUT2D eigenvalue weighted by molar-refractivity contribution is 9.11. The highest BCUT2D eigenvalue weighted by Gasteiger charge is 2.12. The van der Waals surface area contributed by atoms with Crippen molar-refractivity contribution in [3.05, 3.63) is 87.7 Å². The van der Waals surface area contributed by atoms with Gasteiger partial charge in [-0.25, -0.2) is 9.78 Å². The molecule has 160 valence electrons. The van der Waals surface area contributed by atoms with Gasteiger partial charge in [0.25, 0.3) is 5.91 Å². The molecule has 0 aliphatic rings. The van der Waals surface area contributed by atoms with Crippen LogP contribution < -0.4 is 10.1 Å². The minimum Gasteiger partial charge on any atom is -0.452 e. The van der Waals surface area contributed by atoms with Gasteiger partial charge < -0.3 is 14.8 Å². The first-order chi connectivity index (χ1) is 15.5. The third kappa shape index (κ3) is 5.49. The molecule has 0 aliphatic heterocycles. The lowest BCUT2D eigenvalue weighted by Crippen LogP contribution is -2.21. The molecule has 1 N–H and O–H groups in total. The van der Waals surface area contributed by atoms with Gasteiger partial charge in [-0.2, -0.15) is 0 Å². The number of halogens is 2. The quantitative estimate of drug-likeness (QED) is 0.304. The van der Waals surface area contributed by atoms with E-state index in [1.165, 1.54) is 6.20 Å². The maximum atomic E-state index is 12.3. The van der Waals surface area contributed by atoms with Crippen molar-refractivity contribution >= 4 is 60.2 Å². The second-order valence-corrected chi connectivity index (χ2v) is 8.39. The van der Waals surface area contributed by atoms with Crippen molar-refractivity contribution in [3.8, 4) is 11.6 Å². The molecule has 2 aromatic carbocycles. The second-order valence-electron chi connectivity index (χ2n) is 6.62. The van der Waals surface area contributed by atoms with Crippen LogP contribution in [0.5, 0.6) is 11.6 Å². The predicted molar refractivity (Wildman–Crippen MR) is 127 cm³/mol. The number of nitrogens with zero attached hydrogens (tertiary/aromatic N) is 2. The first kappa shape index (κ1) is 21.9. The number of fused-ring (bicyclic) bond motifs is 1. The number of amides is 1. The van der Waals surface area contributed by atoms with E-state index in [0.717, 1.165) is 19.7 Å². The molecule has 0 unspecified atom stereocenters. The van der Waals surface area contributed by atoms with Gasteiger partial charge >= 0.3 is 5.97 Å². The molecule has 0 atom stereocenters. The number of aromatic nitrogens is 2. The van der Waals surface area contributed by atoms with Crippen molar-refractivity contribution < 1.29 is 19.1 Å². The van der Waals surface area contributed by atoms with Gasteiger partial charge in [-0.05, 0) is 63.8 Å². The fraction of sp³-hybridized carbons (Fsp3) is 0.0435. The molecular formula is C23H15Br2N3O4. The van der Waals surface area contributed by atoms with Crippen molar-refractivity contribution in [2.24, 2.45) is 0 Å². The zero-order valence-corrected chi connectivity index (χ0v) is 19.6. The number of carbonyl (C=O) groups is 2. The van der Waals surface area contributed by atoms with Crippen molar-refractivity contribution in [2.75, 3.05) is 11.9 Å². The number of rotatable bonds is 6. The number of hydrogen-bond acceptors (Lipinski definition) is 6. The largest absolute Gasteiger partial charge is 0.452 e. The van der Waals surface area contributed by atoms with Gasteiger partial charge in [0.05, 0.1) is 17.4 Å². The van der Waals surface area contributed by atoms with Crippen molar-refractivity contribution in [1.29, 1.82) is 0 Å². The lowest BCUT2D eigenvalue weighted by Gasteiger charge is -2.08. The van der Waals surface area contributed by atoms with E-state index in [4.69, 9.17) is 9.47 Å². The Morgan fingerprint density at radius 2 is 1.75 bits per heavy atom. The van der Waals surface area contributed by atoms with Crippen molar-refractivity contribution in [3.63, 3.8) is 0 Å². The molecule has 4 aromatic rings. The minimum atomic E-state index is -0.599. The topological polar surface area (TPSA) is 90.4 Å². The Morgan fingerprint density at radius 1 is 0.938 bits per heavy atom. The lowest BCUT2D eigenvalue weighted by molar-refractivity contribution is -0.119. The summed E-state index contributed by atoms with van der Waals surface area (Å²) in [7, 11) is 0. The van der Waals surface area contributed by atoms with E-state index in [9.17, 15) is 9.59 Å². The Balaban J connectivity index is 1.30. The number of nitrogens with one attached hydrogen (secondary N) is 1. The standard InChI is InChI=1S/C23H15Br2N3O4/c24-16-2-5-18(6-3-16)32-22-8-4-17(11-27-22)28-21(29)13-31-23(30)14-1-7-19-15(9-14)10-26-12-20(19)25/h1-12H,13H2,(H,28,29). The SMILES string of the molecule is O=C(COC(=O)c1ccc2c(Br)cncc2c1)Nc1ccc(Oc2ccc(Br)cc2)nc1. The van der Waals surface area contributed by atoms with Crippen LogP contribution in [-0.4, -0.2) is 28.5 Å². The molecule has 0 aliphatic carbocycles. The van der Waals surface area contributed by atoms with Crippen LogP contribution in [0.25, 0.3) is 10.8 Å². The van der Waals surface area contributed by atoms with Gasteiger partial charge in [-0.15, -0.1) is 0 Å². The summed E-state index contributed by atoms with van der Waals surface area (Å²) in [6, 6.07) is 15.7.